The Labute approximate surface area is 738 Å². The molecule has 0 fully saturated rings. The topological polar surface area (TPSA) is 29.9 Å². The van der Waals surface area contributed by atoms with Gasteiger partial charge in [-0.05, 0) is 242 Å². The Bertz CT molecular complexity index is 8040. The minimum atomic E-state index is -0.686. The molecule has 27 rings (SSSR count). The van der Waals surface area contributed by atoms with Crippen molar-refractivity contribution < 1.29 is 9.47 Å². The molecule has 1 unspecified atom stereocenters. The molecule has 0 bridgehead atoms. The SMILES string of the molecule is CC(C)(C)c1cc2c3c(c1)N(c1ccccc1-c1ccc4c(c1)C1(c5ccccc5O4)c4ccccc4-c4ccccc41)c1cc(-c4ccc5c(c4)c4ccccc4n5-c4ccccc4)ccc1B3c1ccc(-c3ccc4c(c3)-c3ccccc3C4c3ccccc3)cc1N2c1ccccc1-c1ccc2c(c1)C1(c3ccccc3O2)c2ccccc2-c2ccccc21. The van der Waals surface area contributed by atoms with Crippen LogP contribution in [-0.2, 0) is 16.2 Å². The maximum absolute atomic E-state index is 7.20. The number of nitrogens with zero attached hydrogens (tertiary/aromatic N) is 3. The Hall–Kier alpha value is -15.8. The largest absolute Gasteiger partial charge is 0.457 e. The molecule has 5 heterocycles. The van der Waals surface area contributed by atoms with Gasteiger partial charge in [-0.3, -0.25) is 0 Å². The first-order valence-electron chi connectivity index (χ1n) is 44.5. The molecule has 594 valence electrons. The van der Waals surface area contributed by atoms with E-state index in [2.05, 4.69) is 460 Å². The van der Waals surface area contributed by atoms with Gasteiger partial charge >= 0.3 is 0 Å². The molecule has 3 aliphatic carbocycles. The smallest absolute Gasteiger partial charge is 0.252 e. The lowest BCUT2D eigenvalue weighted by Crippen LogP contribution is -2.61. The van der Waals surface area contributed by atoms with Gasteiger partial charge < -0.3 is 23.8 Å². The molecule has 0 saturated heterocycles. The van der Waals surface area contributed by atoms with Crippen LogP contribution in [0.1, 0.15) is 93.5 Å². The lowest BCUT2D eigenvalue weighted by molar-refractivity contribution is 0.436. The molecule has 1 aromatic heterocycles. The number of hydrogen-bond donors (Lipinski definition) is 0. The summed E-state index contributed by atoms with van der Waals surface area (Å²) in [6, 6.07) is 160. The van der Waals surface area contributed by atoms with Crippen molar-refractivity contribution in [2.45, 2.75) is 42.9 Å². The van der Waals surface area contributed by atoms with Crippen LogP contribution in [0.4, 0.5) is 34.1 Å². The molecule has 5 nitrogen and oxygen atoms in total. The second-order valence-electron chi connectivity index (χ2n) is 36.3. The van der Waals surface area contributed by atoms with Crippen molar-refractivity contribution in [3.8, 4) is 107 Å². The van der Waals surface area contributed by atoms with Gasteiger partial charge in [0, 0.05) is 78.5 Å². The summed E-state index contributed by atoms with van der Waals surface area (Å²) in [5, 5.41) is 2.42. The van der Waals surface area contributed by atoms with Crippen molar-refractivity contribution in [1.82, 2.24) is 4.57 Å². The fourth-order valence-electron chi connectivity index (χ4n) is 23.6. The molecule has 2 spiro atoms. The summed E-state index contributed by atoms with van der Waals surface area (Å²) in [5.74, 6) is 3.55. The van der Waals surface area contributed by atoms with Crippen molar-refractivity contribution in [3.05, 3.63) is 491 Å². The molecule has 4 aliphatic heterocycles. The van der Waals surface area contributed by atoms with Gasteiger partial charge in [0.05, 0.1) is 33.2 Å². The minimum absolute atomic E-state index is 0.117. The Morgan fingerprint density at radius 2 is 0.654 bits per heavy atom. The summed E-state index contributed by atoms with van der Waals surface area (Å²) in [7, 11) is 0. The normalized spacial score (nSPS) is 14.7. The maximum atomic E-state index is 7.20. The quantitative estimate of drug-likeness (QED) is 0.142. The lowest BCUT2D eigenvalue weighted by Gasteiger charge is -2.46. The average Bonchev–Trinajstić information content (AvgIpc) is 1.50. The van der Waals surface area contributed by atoms with E-state index in [1.807, 2.05) is 0 Å². The van der Waals surface area contributed by atoms with E-state index in [1.165, 1.54) is 111 Å². The molecule has 19 aromatic carbocycles. The first-order valence-corrected chi connectivity index (χ1v) is 44.5. The molecule has 6 heteroatoms. The predicted octanol–water partition coefficient (Wildman–Crippen LogP) is 28.9. The summed E-state index contributed by atoms with van der Waals surface area (Å²) in [6.45, 7) is 6.92. The van der Waals surface area contributed by atoms with Gasteiger partial charge in [-0.1, -0.05) is 336 Å². The van der Waals surface area contributed by atoms with E-state index >= 15 is 0 Å². The number of ether oxygens (including phenoxy) is 2. The standard InChI is InChI=1S/C121H80BN3O2/c1-119(2,3)81-72-111-118-112(73-81)125(106-50-26-17-35-84(106)80-59-65-116-102(69-80)121(100-48-24-29-53-114(100)127-116)97-45-21-14-39-88(97)89-40-15-22-46-98(89)121)110-71-78(76-57-63-108-94(67-76)90-41-18-27-51-107(90)123(108)82-32-8-5-9-33-82)56-62-104(110)122(118)103-61-55-77(75-54-60-92-93(66-75)85-36-10-11-42-91(85)117(92)74-30-6-4-7-31-74)70-109(103)124(111)105-49-25-16-34-83(105)79-58-64-115-101(68-79)120(99-47-23-28-52-113(99)126-115)95-43-19-12-37-86(95)87-38-13-20-44-96(87)120/h4-73,117H,1-3H3. The van der Waals surface area contributed by atoms with E-state index < -0.39 is 10.8 Å². The van der Waals surface area contributed by atoms with Gasteiger partial charge in [0.1, 0.15) is 23.0 Å². The van der Waals surface area contributed by atoms with Crippen LogP contribution in [0, 0.1) is 0 Å². The van der Waals surface area contributed by atoms with Gasteiger partial charge in [-0.2, -0.15) is 0 Å². The molecule has 0 radical (unpaired) electrons. The molecule has 20 aromatic rings. The number of benzene rings is 19. The lowest BCUT2D eigenvalue weighted by atomic mass is 9.33. The first kappa shape index (κ1) is 71.8. The molecule has 7 aliphatic rings. The van der Waals surface area contributed by atoms with Gasteiger partial charge in [-0.25, -0.2) is 0 Å². The van der Waals surface area contributed by atoms with Crippen molar-refractivity contribution in [2.24, 2.45) is 0 Å². The monoisotopic (exact) mass is 1620 g/mol. The van der Waals surface area contributed by atoms with Gasteiger partial charge in [-0.15, -0.1) is 0 Å². The predicted molar refractivity (Wildman–Crippen MR) is 523 cm³/mol. The molecule has 0 amide bonds. The molecular weight excluding hydrogens is 1540 g/mol. The van der Waals surface area contributed by atoms with Gasteiger partial charge in [0.2, 0.25) is 0 Å². The van der Waals surface area contributed by atoms with Crippen LogP contribution in [-0.4, -0.2) is 11.3 Å². The average molecular weight is 1620 g/mol. The van der Waals surface area contributed by atoms with Gasteiger partial charge in [0.15, 0.2) is 0 Å². The van der Waals surface area contributed by atoms with E-state index in [9.17, 15) is 0 Å². The third kappa shape index (κ3) is 10.1. The minimum Gasteiger partial charge on any atom is -0.457 e. The van der Waals surface area contributed by atoms with Crippen LogP contribution >= 0.6 is 0 Å². The number of para-hydroxylation sites is 6. The highest BCUT2D eigenvalue weighted by Gasteiger charge is 2.54. The zero-order valence-corrected chi connectivity index (χ0v) is 70.2. The molecule has 0 N–H and O–H groups in total. The van der Waals surface area contributed by atoms with Crippen molar-refractivity contribution in [1.29, 1.82) is 0 Å². The second kappa shape index (κ2) is 26.9. The van der Waals surface area contributed by atoms with Crippen molar-refractivity contribution in [2.75, 3.05) is 9.80 Å². The number of aromatic nitrogens is 1. The van der Waals surface area contributed by atoms with E-state index in [0.717, 1.165) is 135 Å². The Morgan fingerprint density at radius 1 is 0.260 bits per heavy atom. The van der Waals surface area contributed by atoms with E-state index in [0.29, 0.717) is 0 Å². The molecule has 0 saturated carbocycles. The van der Waals surface area contributed by atoms with E-state index in [4.69, 9.17) is 9.47 Å². The summed E-state index contributed by atoms with van der Waals surface area (Å²) >= 11 is 0. The molecule has 1 atom stereocenters. The molecular formula is C121H80BN3O2. The number of hydrogen-bond acceptors (Lipinski definition) is 4. The highest BCUT2D eigenvalue weighted by atomic mass is 16.5. The van der Waals surface area contributed by atoms with Crippen molar-refractivity contribution in [3.63, 3.8) is 0 Å². The number of anilines is 6. The number of rotatable bonds is 8. The Morgan fingerprint density at radius 3 is 1.19 bits per heavy atom. The Kier molecular flexibility index (Phi) is 15.2. The van der Waals surface area contributed by atoms with E-state index in [-0.39, 0.29) is 18.0 Å². The fourth-order valence-corrected chi connectivity index (χ4v) is 23.6. The summed E-state index contributed by atoms with van der Waals surface area (Å²) < 4.78 is 16.8. The Balaban J connectivity index is 0.716. The third-order valence-electron chi connectivity index (χ3n) is 29.0. The summed E-state index contributed by atoms with van der Waals surface area (Å²) in [4.78, 5) is 5.35. The van der Waals surface area contributed by atoms with Crippen LogP contribution in [0.25, 0.3) is 105 Å². The van der Waals surface area contributed by atoms with Crippen LogP contribution in [0.15, 0.2) is 425 Å². The van der Waals surface area contributed by atoms with Crippen LogP contribution in [0.3, 0.4) is 0 Å². The number of fused-ring (bicyclic) bond motifs is 28. The van der Waals surface area contributed by atoms with Crippen molar-refractivity contribution >= 4 is 79.0 Å². The first-order chi connectivity index (χ1) is 62.6. The third-order valence-corrected chi connectivity index (χ3v) is 29.0. The fraction of sp³-hybridized carbons (Fsp3) is 0.0579. The molecule has 127 heavy (non-hydrogen) atoms. The van der Waals surface area contributed by atoms with Crippen LogP contribution in [0.5, 0.6) is 23.0 Å². The second-order valence-corrected chi connectivity index (χ2v) is 36.3. The van der Waals surface area contributed by atoms with Crippen LogP contribution < -0.4 is 35.7 Å². The summed E-state index contributed by atoms with van der Waals surface area (Å²) in [5.41, 5.74) is 43.2. The zero-order chi connectivity index (χ0) is 83.7. The van der Waals surface area contributed by atoms with Crippen LogP contribution in [0.2, 0.25) is 0 Å². The highest BCUT2D eigenvalue weighted by Crippen LogP contribution is 2.66. The van der Waals surface area contributed by atoms with E-state index in [1.54, 1.807) is 0 Å². The highest BCUT2D eigenvalue weighted by molar-refractivity contribution is 7.00. The van der Waals surface area contributed by atoms with Gasteiger partial charge in [0.25, 0.3) is 6.71 Å². The summed E-state index contributed by atoms with van der Waals surface area (Å²) in [6.07, 6.45) is 0. The zero-order valence-electron chi connectivity index (χ0n) is 70.2. The maximum Gasteiger partial charge on any atom is 0.252 e.